The highest BCUT2D eigenvalue weighted by Gasteiger charge is 2.12. The first-order valence-corrected chi connectivity index (χ1v) is 6.03. The second-order valence-corrected chi connectivity index (χ2v) is 4.82. The highest BCUT2D eigenvalue weighted by molar-refractivity contribution is 7.05. The van der Waals surface area contributed by atoms with Crippen molar-refractivity contribution in [3.8, 4) is 0 Å². The molecule has 0 amide bonds. The average Bonchev–Trinajstić information content (AvgIpc) is 2.76. The highest BCUT2D eigenvalue weighted by Crippen LogP contribution is 2.22. The summed E-state index contributed by atoms with van der Waals surface area (Å²) in [4.78, 5) is 1.04. The topological polar surface area (TPSA) is 51.8 Å². The van der Waals surface area contributed by atoms with Crippen molar-refractivity contribution in [3.05, 3.63) is 46.0 Å². The molecular formula is C12H15N3S. The van der Waals surface area contributed by atoms with E-state index in [9.17, 15) is 0 Å². The maximum absolute atomic E-state index is 6.14. The van der Waals surface area contributed by atoms with Crippen LogP contribution >= 0.6 is 11.5 Å². The van der Waals surface area contributed by atoms with Crippen LogP contribution in [-0.4, -0.2) is 9.59 Å². The van der Waals surface area contributed by atoms with Crippen molar-refractivity contribution in [3.63, 3.8) is 0 Å². The van der Waals surface area contributed by atoms with E-state index in [0.717, 1.165) is 11.3 Å². The Morgan fingerprint density at radius 2 is 2.00 bits per heavy atom. The number of rotatable bonds is 3. The second kappa shape index (κ2) is 4.72. The second-order valence-electron chi connectivity index (χ2n) is 4.00. The van der Waals surface area contributed by atoms with Crippen LogP contribution in [0.15, 0.2) is 24.4 Å². The molecule has 2 rings (SSSR count). The lowest BCUT2D eigenvalue weighted by Crippen LogP contribution is -2.13. The Balaban J connectivity index is 2.21. The Morgan fingerprint density at radius 3 is 2.56 bits per heavy atom. The van der Waals surface area contributed by atoms with Crippen LogP contribution in [0.3, 0.4) is 0 Å². The molecule has 0 fully saturated rings. The Morgan fingerprint density at radius 1 is 1.31 bits per heavy atom. The summed E-state index contributed by atoms with van der Waals surface area (Å²) in [5.74, 6) is 0. The zero-order chi connectivity index (χ0) is 11.5. The largest absolute Gasteiger partial charge is 0.323 e. The lowest BCUT2D eigenvalue weighted by molar-refractivity contribution is 0.727. The molecule has 0 saturated carbocycles. The van der Waals surface area contributed by atoms with Gasteiger partial charge in [-0.2, -0.15) is 0 Å². The molecule has 16 heavy (non-hydrogen) atoms. The van der Waals surface area contributed by atoms with Crippen LogP contribution in [0.25, 0.3) is 0 Å². The predicted octanol–water partition coefficient (Wildman–Crippen LogP) is 2.40. The Labute approximate surface area is 99.5 Å². The third kappa shape index (κ3) is 2.28. The van der Waals surface area contributed by atoms with Crippen molar-refractivity contribution in [2.75, 3.05) is 0 Å². The summed E-state index contributed by atoms with van der Waals surface area (Å²) in [5.41, 5.74) is 10.1. The van der Waals surface area contributed by atoms with E-state index in [4.69, 9.17) is 5.73 Å². The van der Waals surface area contributed by atoms with E-state index < -0.39 is 0 Å². The van der Waals surface area contributed by atoms with Gasteiger partial charge in [-0.15, -0.1) is 5.10 Å². The van der Waals surface area contributed by atoms with Crippen molar-refractivity contribution in [1.82, 2.24) is 9.59 Å². The summed E-state index contributed by atoms with van der Waals surface area (Å²) in [5, 5.41) is 3.82. The van der Waals surface area contributed by atoms with Crippen LogP contribution in [-0.2, 0) is 6.42 Å². The number of benzene rings is 1. The quantitative estimate of drug-likeness (QED) is 0.885. The molecule has 0 saturated heterocycles. The summed E-state index contributed by atoms with van der Waals surface area (Å²) >= 11 is 1.38. The Kier molecular flexibility index (Phi) is 3.31. The lowest BCUT2D eigenvalue weighted by Gasteiger charge is -2.13. The fourth-order valence-electron chi connectivity index (χ4n) is 1.83. The van der Waals surface area contributed by atoms with E-state index in [1.807, 2.05) is 0 Å². The van der Waals surface area contributed by atoms with Gasteiger partial charge in [0.1, 0.15) is 0 Å². The van der Waals surface area contributed by atoms with Crippen LogP contribution < -0.4 is 5.73 Å². The molecule has 3 nitrogen and oxygen atoms in total. The van der Waals surface area contributed by atoms with Crippen LogP contribution in [0.2, 0.25) is 0 Å². The molecule has 4 heteroatoms. The first-order chi connectivity index (χ1) is 7.68. The zero-order valence-corrected chi connectivity index (χ0v) is 10.3. The minimum atomic E-state index is -0.000185. The number of hydrogen-bond donors (Lipinski definition) is 1. The number of nitrogens with two attached hydrogens (primary N) is 1. The number of nitrogens with zero attached hydrogens (tertiary/aromatic N) is 2. The monoisotopic (exact) mass is 233 g/mol. The van der Waals surface area contributed by atoms with E-state index in [2.05, 4.69) is 41.6 Å². The van der Waals surface area contributed by atoms with Gasteiger partial charge in [0.05, 0.1) is 11.1 Å². The first-order valence-electron chi connectivity index (χ1n) is 5.26. The molecule has 0 radical (unpaired) electrons. The Hall–Kier alpha value is -1.26. The minimum Gasteiger partial charge on any atom is -0.323 e. The van der Waals surface area contributed by atoms with E-state index in [-0.39, 0.29) is 6.04 Å². The highest BCUT2D eigenvalue weighted by atomic mass is 32.1. The third-order valence-corrected chi connectivity index (χ3v) is 3.61. The number of hydrogen-bond acceptors (Lipinski definition) is 4. The molecule has 1 aromatic carbocycles. The van der Waals surface area contributed by atoms with Gasteiger partial charge in [-0.1, -0.05) is 22.7 Å². The molecule has 0 aliphatic rings. The van der Waals surface area contributed by atoms with Crippen LogP contribution in [0.4, 0.5) is 0 Å². The maximum Gasteiger partial charge on any atom is 0.0669 e. The Bertz CT molecular complexity index is 445. The zero-order valence-electron chi connectivity index (χ0n) is 9.47. The molecule has 84 valence electrons. The standard InChI is InChI=1S/C12H15N3S/c1-8-4-3-5-9(2)10(8)6-11(13)12-7-14-15-16-12/h3-5,7,11H,6,13H2,1-2H3. The number of aromatic nitrogens is 2. The maximum atomic E-state index is 6.14. The van der Waals surface area contributed by atoms with Crippen molar-refractivity contribution in [1.29, 1.82) is 0 Å². The van der Waals surface area contributed by atoms with Crippen LogP contribution in [0, 0.1) is 13.8 Å². The smallest absolute Gasteiger partial charge is 0.0669 e. The average molecular weight is 233 g/mol. The fraction of sp³-hybridized carbons (Fsp3) is 0.333. The fourth-order valence-corrected chi connectivity index (χ4v) is 2.33. The molecule has 2 aromatic rings. The predicted molar refractivity (Wildman–Crippen MR) is 66.5 cm³/mol. The first kappa shape index (κ1) is 11.2. The van der Waals surface area contributed by atoms with Gasteiger partial charge in [0.2, 0.25) is 0 Å². The van der Waals surface area contributed by atoms with Crippen molar-refractivity contribution >= 4 is 11.5 Å². The van der Waals surface area contributed by atoms with E-state index in [1.165, 1.54) is 28.2 Å². The molecule has 1 unspecified atom stereocenters. The van der Waals surface area contributed by atoms with Gasteiger partial charge < -0.3 is 5.73 Å². The third-order valence-electron chi connectivity index (χ3n) is 2.81. The van der Waals surface area contributed by atoms with Crippen molar-refractivity contribution < 1.29 is 0 Å². The molecular weight excluding hydrogens is 218 g/mol. The molecule has 0 spiro atoms. The van der Waals surface area contributed by atoms with Gasteiger partial charge in [-0.3, -0.25) is 0 Å². The molecule has 1 heterocycles. The van der Waals surface area contributed by atoms with Crippen molar-refractivity contribution in [2.24, 2.45) is 5.73 Å². The van der Waals surface area contributed by atoms with E-state index in [1.54, 1.807) is 6.20 Å². The van der Waals surface area contributed by atoms with Gasteiger partial charge in [0.25, 0.3) is 0 Å². The van der Waals surface area contributed by atoms with Gasteiger partial charge in [-0.25, -0.2) is 0 Å². The van der Waals surface area contributed by atoms with E-state index >= 15 is 0 Å². The molecule has 2 N–H and O–H groups in total. The van der Waals surface area contributed by atoms with E-state index in [0.29, 0.717) is 0 Å². The molecule has 1 aromatic heterocycles. The minimum absolute atomic E-state index is 0.000185. The molecule has 1 atom stereocenters. The van der Waals surface area contributed by atoms with Gasteiger partial charge >= 0.3 is 0 Å². The molecule has 0 bridgehead atoms. The molecule has 0 aliphatic heterocycles. The molecule has 0 aliphatic carbocycles. The SMILES string of the molecule is Cc1cccc(C)c1CC(N)c1cnns1. The van der Waals surface area contributed by atoms with Gasteiger partial charge in [-0.05, 0) is 48.5 Å². The normalized spacial score (nSPS) is 12.7. The van der Waals surface area contributed by atoms with Gasteiger partial charge in [0, 0.05) is 6.04 Å². The lowest BCUT2D eigenvalue weighted by atomic mass is 9.96. The summed E-state index contributed by atoms with van der Waals surface area (Å²) in [6.07, 6.45) is 2.60. The van der Waals surface area contributed by atoms with Gasteiger partial charge in [0.15, 0.2) is 0 Å². The van der Waals surface area contributed by atoms with Crippen molar-refractivity contribution in [2.45, 2.75) is 26.3 Å². The van der Waals surface area contributed by atoms with Crippen LogP contribution in [0.5, 0.6) is 0 Å². The summed E-state index contributed by atoms with van der Waals surface area (Å²) in [6, 6.07) is 6.33. The summed E-state index contributed by atoms with van der Waals surface area (Å²) in [7, 11) is 0. The summed E-state index contributed by atoms with van der Waals surface area (Å²) < 4.78 is 3.84. The van der Waals surface area contributed by atoms with Crippen LogP contribution in [0.1, 0.15) is 27.6 Å². The summed E-state index contributed by atoms with van der Waals surface area (Å²) in [6.45, 7) is 4.25. The number of aryl methyl sites for hydroxylation is 2.